The number of imidazole rings is 1. The van der Waals surface area contributed by atoms with Gasteiger partial charge in [-0.3, -0.25) is 4.79 Å². The highest BCUT2D eigenvalue weighted by Gasteiger charge is 2.21. The van der Waals surface area contributed by atoms with Gasteiger partial charge in [-0.2, -0.15) is 0 Å². The molecule has 6 nitrogen and oxygen atoms in total. The zero-order valence-corrected chi connectivity index (χ0v) is 18.3. The molecule has 2 aromatic heterocycles. The minimum atomic E-state index is -0.0992. The van der Waals surface area contributed by atoms with E-state index in [-0.39, 0.29) is 18.4 Å². The third kappa shape index (κ3) is 4.79. The van der Waals surface area contributed by atoms with Crippen LogP contribution >= 0.6 is 22.9 Å². The highest BCUT2D eigenvalue weighted by atomic mass is 35.5. The molecule has 8 heteroatoms. The molecule has 2 aromatic carbocycles. The highest BCUT2D eigenvalue weighted by molar-refractivity contribution is 7.09. The lowest BCUT2D eigenvalue weighted by molar-refractivity contribution is -0.115. The standard InChI is InChI=1S/C23H21ClN4O2S/c24-15-4-1-3-14(9-15)10-22-26-17(13-31-22)12-21(29)25-16-6-7-18-19(11-16)28-23(27-18)20-5-2-8-30-20/h1,3-4,6-7,9,11,13,20H,2,5,8,10,12H2,(H,25,29)(H,27,28). The molecule has 3 heterocycles. The summed E-state index contributed by atoms with van der Waals surface area (Å²) in [6.45, 7) is 0.778. The van der Waals surface area contributed by atoms with Crippen molar-refractivity contribution < 1.29 is 9.53 Å². The van der Waals surface area contributed by atoms with Crippen molar-refractivity contribution in [2.24, 2.45) is 0 Å². The van der Waals surface area contributed by atoms with Crippen molar-refractivity contribution in [3.8, 4) is 0 Å². The third-order valence-electron chi connectivity index (χ3n) is 5.20. The monoisotopic (exact) mass is 452 g/mol. The summed E-state index contributed by atoms with van der Waals surface area (Å²) in [6.07, 6.45) is 3.01. The molecule has 1 aliphatic rings. The summed E-state index contributed by atoms with van der Waals surface area (Å²) in [6, 6.07) is 13.4. The zero-order chi connectivity index (χ0) is 21.2. The molecule has 0 aliphatic carbocycles. The molecule has 2 N–H and O–H groups in total. The molecule has 158 valence electrons. The van der Waals surface area contributed by atoms with E-state index in [1.807, 2.05) is 47.8 Å². The van der Waals surface area contributed by atoms with E-state index in [1.165, 1.54) is 0 Å². The quantitative estimate of drug-likeness (QED) is 0.416. The molecule has 0 spiro atoms. The number of amides is 1. The number of benzene rings is 2. The Hall–Kier alpha value is -2.74. The minimum Gasteiger partial charge on any atom is -0.370 e. The largest absolute Gasteiger partial charge is 0.370 e. The number of aromatic amines is 1. The fraction of sp³-hybridized carbons (Fsp3) is 0.261. The number of hydrogen-bond acceptors (Lipinski definition) is 5. The Bertz CT molecular complexity index is 1230. The van der Waals surface area contributed by atoms with E-state index in [2.05, 4.69) is 20.3 Å². The van der Waals surface area contributed by atoms with Crippen LogP contribution < -0.4 is 5.32 Å². The molecular formula is C23H21ClN4O2S. The lowest BCUT2D eigenvalue weighted by atomic mass is 10.2. The van der Waals surface area contributed by atoms with Crippen molar-refractivity contribution in [1.82, 2.24) is 15.0 Å². The number of H-pyrrole nitrogens is 1. The first-order valence-electron chi connectivity index (χ1n) is 10.2. The van der Waals surface area contributed by atoms with Crippen LogP contribution in [0.1, 0.15) is 41.0 Å². The average Bonchev–Trinajstić information content (AvgIpc) is 3.48. The van der Waals surface area contributed by atoms with Crippen LogP contribution in [0.25, 0.3) is 11.0 Å². The number of carbonyl (C=O) groups excluding carboxylic acids is 1. The Morgan fingerprint density at radius 1 is 1.26 bits per heavy atom. The van der Waals surface area contributed by atoms with Gasteiger partial charge in [-0.25, -0.2) is 9.97 Å². The number of hydrogen-bond donors (Lipinski definition) is 2. The Kier molecular flexibility index (Phi) is 5.72. The topological polar surface area (TPSA) is 79.9 Å². The molecule has 1 fully saturated rings. The SMILES string of the molecule is O=C(Cc1csc(Cc2cccc(Cl)c2)n1)Nc1ccc2nc(C3CCCO3)[nH]c2c1. The molecular weight excluding hydrogens is 432 g/mol. The molecule has 4 aromatic rings. The van der Waals surface area contributed by atoms with E-state index in [1.54, 1.807) is 11.3 Å². The van der Waals surface area contributed by atoms with Crippen molar-refractivity contribution in [3.63, 3.8) is 0 Å². The Morgan fingerprint density at radius 2 is 2.19 bits per heavy atom. The lowest BCUT2D eigenvalue weighted by Gasteiger charge is -2.04. The summed E-state index contributed by atoms with van der Waals surface area (Å²) in [7, 11) is 0. The summed E-state index contributed by atoms with van der Waals surface area (Å²) >= 11 is 7.61. The van der Waals surface area contributed by atoms with E-state index < -0.39 is 0 Å². The average molecular weight is 453 g/mol. The number of anilines is 1. The van der Waals surface area contributed by atoms with Gasteiger partial charge in [0.1, 0.15) is 11.9 Å². The van der Waals surface area contributed by atoms with Crippen LogP contribution in [-0.2, 0) is 22.4 Å². The minimum absolute atomic E-state index is 0.0382. The molecule has 1 amide bonds. The number of nitrogens with zero attached hydrogens (tertiary/aromatic N) is 2. The van der Waals surface area contributed by atoms with Crippen LogP contribution in [0.4, 0.5) is 5.69 Å². The lowest BCUT2D eigenvalue weighted by Crippen LogP contribution is -2.14. The van der Waals surface area contributed by atoms with Gasteiger partial charge in [-0.05, 0) is 48.7 Å². The number of fused-ring (bicyclic) bond motifs is 1. The second-order valence-electron chi connectivity index (χ2n) is 7.62. The van der Waals surface area contributed by atoms with Crippen molar-refractivity contribution in [3.05, 3.63) is 75.0 Å². The van der Waals surface area contributed by atoms with Crippen molar-refractivity contribution >= 4 is 45.6 Å². The van der Waals surface area contributed by atoms with Crippen LogP contribution in [0.2, 0.25) is 5.02 Å². The Balaban J connectivity index is 1.22. The van der Waals surface area contributed by atoms with Crippen LogP contribution in [0.3, 0.4) is 0 Å². The van der Waals surface area contributed by atoms with Gasteiger partial charge in [0.25, 0.3) is 0 Å². The van der Waals surface area contributed by atoms with Crippen molar-refractivity contribution in [2.75, 3.05) is 11.9 Å². The van der Waals surface area contributed by atoms with Crippen LogP contribution in [0.15, 0.2) is 47.8 Å². The third-order valence-corrected chi connectivity index (χ3v) is 6.34. The van der Waals surface area contributed by atoms with E-state index in [4.69, 9.17) is 16.3 Å². The van der Waals surface area contributed by atoms with Crippen molar-refractivity contribution in [1.29, 1.82) is 0 Å². The highest BCUT2D eigenvalue weighted by Crippen LogP contribution is 2.28. The number of nitrogens with one attached hydrogen (secondary N) is 2. The van der Waals surface area contributed by atoms with Gasteiger partial charge in [0.15, 0.2) is 0 Å². The van der Waals surface area contributed by atoms with E-state index in [0.29, 0.717) is 11.4 Å². The van der Waals surface area contributed by atoms with Gasteiger partial charge in [-0.15, -0.1) is 11.3 Å². The maximum absolute atomic E-state index is 12.5. The predicted molar refractivity (Wildman–Crippen MR) is 123 cm³/mol. The molecule has 0 radical (unpaired) electrons. The van der Waals surface area contributed by atoms with Gasteiger partial charge < -0.3 is 15.0 Å². The summed E-state index contributed by atoms with van der Waals surface area (Å²) in [5, 5.41) is 6.57. The normalized spacial score (nSPS) is 16.1. The summed E-state index contributed by atoms with van der Waals surface area (Å²) < 4.78 is 5.70. The molecule has 5 rings (SSSR count). The predicted octanol–water partition coefficient (Wildman–Crippen LogP) is 5.30. The maximum Gasteiger partial charge on any atom is 0.230 e. The first kappa shape index (κ1) is 20.2. The summed E-state index contributed by atoms with van der Waals surface area (Å²) in [5.41, 5.74) is 4.36. The molecule has 1 aliphatic heterocycles. The maximum atomic E-state index is 12.5. The van der Waals surface area contributed by atoms with Gasteiger partial charge >= 0.3 is 0 Å². The number of aromatic nitrogens is 3. The first-order chi connectivity index (χ1) is 15.1. The second-order valence-corrected chi connectivity index (χ2v) is 9.00. The Morgan fingerprint density at radius 3 is 3.03 bits per heavy atom. The fourth-order valence-corrected chi connectivity index (χ4v) is 4.80. The number of halogens is 1. The summed E-state index contributed by atoms with van der Waals surface area (Å²) in [5.74, 6) is 0.753. The molecule has 0 saturated carbocycles. The van der Waals surface area contributed by atoms with Crippen LogP contribution in [0.5, 0.6) is 0 Å². The van der Waals surface area contributed by atoms with Crippen LogP contribution in [0, 0.1) is 0 Å². The molecule has 1 atom stereocenters. The van der Waals surface area contributed by atoms with Gasteiger partial charge in [0, 0.05) is 29.1 Å². The van der Waals surface area contributed by atoms with E-state index in [0.717, 1.165) is 58.3 Å². The van der Waals surface area contributed by atoms with E-state index >= 15 is 0 Å². The van der Waals surface area contributed by atoms with Gasteiger partial charge in [-0.1, -0.05) is 23.7 Å². The number of rotatable bonds is 6. The first-order valence-corrected chi connectivity index (χ1v) is 11.5. The number of thiazole rings is 1. The Labute approximate surface area is 188 Å². The van der Waals surface area contributed by atoms with E-state index in [9.17, 15) is 4.79 Å². The van der Waals surface area contributed by atoms with Gasteiger partial charge in [0.05, 0.1) is 28.2 Å². The second kappa shape index (κ2) is 8.78. The zero-order valence-electron chi connectivity index (χ0n) is 16.7. The number of ether oxygens (including phenoxy) is 1. The molecule has 1 unspecified atom stereocenters. The fourth-order valence-electron chi connectivity index (χ4n) is 3.76. The van der Waals surface area contributed by atoms with Crippen LogP contribution in [-0.4, -0.2) is 27.5 Å². The number of carbonyl (C=O) groups is 1. The molecule has 31 heavy (non-hydrogen) atoms. The van der Waals surface area contributed by atoms with Gasteiger partial charge in [0.2, 0.25) is 5.91 Å². The van der Waals surface area contributed by atoms with Crippen molar-refractivity contribution in [2.45, 2.75) is 31.8 Å². The molecule has 0 bridgehead atoms. The summed E-state index contributed by atoms with van der Waals surface area (Å²) in [4.78, 5) is 25.1. The smallest absolute Gasteiger partial charge is 0.230 e. The molecule has 1 saturated heterocycles.